The topological polar surface area (TPSA) is 12.0 Å². The van der Waals surface area contributed by atoms with Crippen molar-refractivity contribution in [3.05, 3.63) is 70.8 Å². The highest BCUT2D eigenvalue weighted by Gasteiger charge is 2.12. The van der Waals surface area contributed by atoms with Crippen molar-refractivity contribution >= 4 is 0 Å². The molecule has 0 aliphatic carbocycles. The van der Waals surface area contributed by atoms with Gasteiger partial charge in [-0.05, 0) is 43.2 Å². The average Bonchev–Trinajstić information content (AvgIpc) is 2.44. The molecule has 0 spiro atoms. The fourth-order valence-corrected chi connectivity index (χ4v) is 2.05. The Kier molecular flexibility index (Phi) is 4.96. The second-order valence-electron chi connectivity index (χ2n) is 4.93. The molecule has 0 amide bonds. The van der Waals surface area contributed by atoms with Gasteiger partial charge < -0.3 is 5.32 Å². The molecule has 0 bridgehead atoms. The van der Waals surface area contributed by atoms with E-state index in [1.54, 1.807) is 6.92 Å². The van der Waals surface area contributed by atoms with Crippen molar-refractivity contribution < 1.29 is 17.6 Å². The van der Waals surface area contributed by atoms with E-state index in [2.05, 4.69) is 5.32 Å². The predicted molar refractivity (Wildman–Crippen MR) is 72.7 cm³/mol. The Morgan fingerprint density at radius 2 is 1.57 bits per heavy atom. The predicted octanol–water partition coefficient (Wildman–Crippen LogP) is 3.96. The third-order valence-corrected chi connectivity index (χ3v) is 3.21. The van der Waals surface area contributed by atoms with E-state index in [9.17, 15) is 17.6 Å². The van der Waals surface area contributed by atoms with Crippen LogP contribution in [0.5, 0.6) is 0 Å². The number of benzene rings is 2. The molecule has 5 heteroatoms. The molecule has 21 heavy (non-hydrogen) atoms. The van der Waals surface area contributed by atoms with Crippen molar-refractivity contribution in [2.75, 3.05) is 0 Å². The van der Waals surface area contributed by atoms with E-state index < -0.39 is 23.3 Å². The molecule has 0 aromatic heterocycles. The number of nitrogens with one attached hydrogen (secondary N) is 1. The van der Waals surface area contributed by atoms with Crippen LogP contribution in [0.1, 0.15) is 18.1 Å². The summed E-state index contributed by atoms with van der Waals surface area (Å²) in [5.41, 5.74) is 0.581. The van der Waals surface area contributed by atoms with E-state index in [4.69, 9.17) is 0 Å². The lowest BCUT2D eigenvalue weighted by atomic mass is 10.1. The van der Waals surface area contributed by atoms with Crippen LogP contribution in [0.2, 0.25) is 0 Å². The van der Waals surface area contributed by atoms with Crippen LogP contribution in [0.3, 0.4) is 0 Å². The van der Waals surface area contributed by atoms with E-state index in [0.29, 0.717) is 5.56 Å². The molecule has 0 aliphatic rings. The van der Waals surface area contributed by atoms with Gasteiger partial charge in [0.25, 0.3) is 0 Å². The van der Waals surface area contributed by atoms with Gasteiger partial charge in [-0.3, -0.25) is 0 Å². The van der Waals surface area contributed by atoms with E-state index in [1.165, 1.54) is 24.3 Å². The van der Waals surface area contributed by atoms with E-state index >= 15 is 0 Å². The maximum atomic E-state index is 13.5. The first-order chi connectivity index (χ1) is 9.97. The van der Waals surface area contributed by atoms with Crippen LogP contribution in [-0.4, -0.2) is 6.04 Å². The summed E-state index contributed by atoms with van der Waals surface area (Å²) < 4.78 is 52.9. The molecule has 1 unspecified atom stereocenters. The van der Waals surface area contributed by atoms with Crippen molar-refractivity contribution in [1.29, 1.82) is 0 Å². The SMILES string of the molecule is CC(Cc1c(F)cccc1F)NCc1ccc(F)c(F)c1. The quantitative estimate of drug-likeness (QED) is 0.824. The van der Waals surface area contributed by atoms with Crippen LogP contribution in [0.15, 0.2) is 36.4 Å². The second-order valence-corrected chi connectivity index (χ2v) is 4.93. The summed E-state index contributed by atoms with van der Waals surface area (Å²) in [5, 5.41) is 3.03. The lowest BCUT2D eigenvalue weighted by Crippen LogP contribution is -2.28. The van der Waals surface area contributed by atoms with Gasteiger partial charge in [0.15, 0.2) is 11.6 Å². The van der Waals surface area contributed by atoms with Gasteiger partial charge >= 0.3 is 0 Å². The first-order valence-electron chi connectivity index (χ1n) is 6.57. The Balaban J connectivity index is 1.96. The smallest absolute Gasteiger partial charge is 0.159 e. The molecule has 1 N–H and O–H groups in total. The highest BCUT2D eigenvalue weighted by Crippen LogP contribution is 2.14. The summed E-state index contributed by atoms with van der Waals surface area (Å²) in [6.07, 6.45) is 0.169. The number of hydrogen-bond acceptors (Lipinski definition) is 1. The maximum Gasteiger partial charge on any atom is 0.159 e. The first kappa shape index (κ1) is 15.5. The Morgan fingerprint density at radius 3 is 2.19 bits per heavy atom. The molecule has 1 atom stereocenters. The van der Waals surface area contributed by atoms with Crippen molar-refractivity contribution in [1.82, 2.24) is 5.32 Å². The van der Waals surface area contributed by atoms with Crippen molar-refractivity contribution in [3.63, 3.8) is 0 Å². The van der Waals surface area contributed by atoms with Crippen LogP contribution in [0.25, 0.3) is 0 Å². The zero-order valence-corrected chi connectivity index (χ0v) is 11.5. The highest BCUT2D eigenvalue weighted by molar-refractivity contribution is 5.21. The molecule has 0 saturated heterocycles. The number of hydrogen-bond donors (Lipinski definition) is 1. The molecule has 2 rings (SSSR count). The fraction of sp³-hybridized carbons (Fsp3) is 0.250. The van der Waals surface area contributed by atoms with Gasteiger partial charge in [-0.15, -0.1) is 0 Å². The molecule has 0 heterocycles. The zero-order chi connectivity index (χ0) is 15.4. The van der Waals surface area contributed by atoms with Gasteiger partial charge in [0.05, 0.1) is 0 Å². The molecule has 0 saturated carbocycles. The summed E-state index contributed by atoms with van der Waals surface area (Å²) in [7, 11) is 0. The Morgan fingerprint density at radius 1 is 0.905 bits per heavy atom. The fourth-order valence-electron chi connectivity index (χ4n) is 2.05. The van der Waals surface area contributed by atoms with Gasteiger partial charge in [0.1, 0.15) is 11.6 Å². The van der Waals surface area contributed by atoms with Crippen LogP contribution < -0.4 is 5.32 Å². The lowest BCUT2D eigenvalue weighted by Gasteiger charge is -2.15. The molecular formula is C16H15F4N. The van der Waals surface area contributed by atoms with E-state index in [1.807, 2.05) is 0 Å². The highest BCUT2D eigenvalue weighted by atomic mass is 19.2. The summed E-state index contributed by atoms with van der Waals surface area (Å²) >= 11 is 0. The third kappa shape index (κ3) is 4.04. The minimum atomic E-state index is -0.915. The summed E-state index contributed by atoms with van der Waals surface area (Å²) in [5.74, 6) is -2.99. The average molecular weight is 297 g/mol. The Labute approximate surface area is 120 Å². The normalized spacial score (nSPS) is 12.4. The monoisotopic (exact) mass is 297 g/mol. The van der Waals surface area contributed by atoms with Gasteiger partial charge in [-0.1, -0.05) is 12.1 Å². The Bertz CT molecular complexity index is 607. The van der Waals surface area contributed by atoms with Crippen molar-refractivity contribution in [2.24, 2.45) is 0 Å². The molecule has 112 valence electrons. The molecule has 0 aliphatic heterocycles. The molecule has 2 aromatic rings. The Hall–Kier alpha value is -1.88. The molecule has 0 fully saturated rings. The third-order valence-electron chi connectivity index (χ3n) is 3.21. The van der Waals surface area contributed by atoms with Crippen LogP contribution in [0, 0.1) is 23.3 Å². The summed E-state index contributed by atoms with van der Waals surface area (Å²) in [6.45, 7) is 2.06. The van der Waals surface area contributed by atoms with Gasteiger partial charge in [-0.2, -0.15) is 0 Å². The first-order valence-corrected chi connectivity index (χ1v) is 6.57. The second kappa shape index (κ2) is 6.72. The number of rotatable bonds is 5. The van der Waals surface area contributed by atoms with Gasteiger partial charge in [0.2, 0.25) is 0 Å². The van der Waals surface area contributed by atoms with Crippen LogP contribution >= 0.6 is 0 Å². The zero-order valence-electron chi connectivity index (χ0n) is 11.5. The summed E-state index contributed by atoms with van der Waals surface area (Å²) in [6, 6.07) is 7.12. The van der Waals surface area contributed by atoms with Crippen molar-refractivity contribution in [3.8, 4) is 0 Å². The summed E-state index contributed by atoms with van der Waals surface area (Å²) in [4.78, 5) is 0. The van der Waals surface area contributed by atoms with Gasteiger partial charge in [-0.25, -0.2) is 17.6 Å². The largest absolute Gasteiger partial charge is 0.310 e. The van der Waals surface area contributed by atoms with E-state index in [0.717, 1.165) is 12.1 Å². The standard InChI is InChI=1S/C16H15F4N/c1-10(7-12-13(17)3-2-4-14(12)18)21-9-11-5-6-15(19)16(20)8-11/h2-6,8,10,21H,7,9H2,1H3. The van der Waals surface area contributed by atoms with Gasteiger partial charge in [0, 0.05) is 18.2 Å². The maximum absolute atomic E-state index is 13.5. The molecule has 0 radical (unpaired) electrons. The van der Waals surface area contributed by atoms with Crippen LogP contribution in [-0.2, 0) is 13.0 Å². The minimum absolute atomic E-state index is 0.0165. The lowest BCUT2D eigenvalue weighted by molar-refractivity contribution is 0.491. The van der Waals surface area contributed by atoms with Crippen LogP contribution in [0.4, 0.5) is 17.6 Å². The molecular weight excluding hydrogens is 282 g/mol. The van der Waals surface area contributed by atoms with E-state index in [-0.39, 0.29) is 24.6 Å². The van der Waals surface area contributed by atoms with Crippen molar-refractivity contribution in [2.45, 2.75) is 25.9 Å². The molecule has 2 aromatic carbocycles. The molecule has 1 nitrogen and oxygen atoms in total. The minimum Gasteiger partial charge on any atom is -0.310 e. The number of halogens is 4.